The van der Waals surface area contributed by atoms with Gasteiger partial charge in [0.1, 0.15) is 49.1 Å². The SMILES string of the molecule is N=c1c2ncn([C@@H]3O[C@H](CO[C@H]4O[C@H](CO)[C@@H](O)[C@H](O)[C@H]4O)[C@@H](O)[C@H]3O)c2ncn1O. The highest BCUT2D eigenvalue weighted by atomic mass is 16.7. The third-order valence-corrected chi connectivity index (χ3v) is 5.39. The molecule has 4 heterocycles. The van der Waals surface area contributed by atoms with Gasteiger partial charge in [-0.15, -0.1) is 0 Å². The van der Waals surface area contributed by atoms with Crippen molar-refractivity contribution in [3.05, 3.63) is 18.1 Å². The van der Waals surface area contributed by atoms with Crippen LogP contribution in [0.5, 0.6) is 0 Å². The summed E-state index contributed by atoms with van der Waals surface area (Å²) in [5, 5.41) is 77.0. The molecule has 31 heavy (non-hydrogen) atoms. The van der Waals surface area contributed by atoms with E-state index in [1.54, 1.807) is 0 Å². The molecule has 2 saturated heterocycles. The number of hydrogen-bond donors (Lipinski definition) is 8. The highest BCUT2D eigenvalue weighted by molar-refractivity contribution is 5.68. The number of hydrogen-bond acceptors (Lipinski definition) is 13. The minimum atomic E-state index is -1.63. The van der Waals surface area contributed by atoms with Gasteiger partial charge < -0.3 is 50.1 Å². The van der Waals surface area contributed by atoms with Crippen molar-refractivity contribution in [3.8, 4) is 0 Å². The summed E-state index contributed by atoms with van der Waals surface area (Å²) in [5.74, 6) is 0. The van der Waals surface area contributed by atoms with Gasteiger partial charge in [-0.1, -0.05) is 0 Å². The molecule has 0 amide bonds. The van der Waals surface area contributed by atoms with E-state index in [0.717, 1.165) is 6.33 Å². The quantitative estimate of drug-likeness (QED) is 0.203. The third kappa shape index (κ3) is 3.69. The fourth-order valence-corrected chi connectivity index (χ4v) is 3.60. The highest BCUT2D eigenvalue weighted by Crippen LogP contribution is 2.32. The molecule has 0 spiro atoms. The molecule has 172 valence electrons. The van der Waals surface area contributed by atoms with Crippen molar-refractivity contribution < 1.29 is 50.1 Å². The molecule has 0 saturated carbocycles. The molecule has 2 aliphatic rings. The number of rotatable bonds is 5. The Hall–Kier alpha value is -2.21. The number of fused-ring (bicyclic) bond motifs is 1. The standard InChI is InChI=1S/C16H23N5O10/c17-13-7-14(19-4-21(13)28)20(3-18-7)15-11(26)9(24)6(30-15)2-29-16-12(27)10(25)8(23)5(1-22)31-16/h3-6,8-12,15-17,22-28H,1-2H2/t5-,6-,8-,9-,10+,11-,12-,15-,16+/m1/s1. The fraction of sp³-hybridized carbons (Fsp3) is 0.688. The molecule has 0 unspecified atom stereocenters. The molecule has 2 aliphatic heterocycles. The molecule has 0 aromatic carbocycles. The number of aliphatic hydroxyl groups excluding tert-OH is 6. The molecule has 2 aromatic rings. The van der Waals surface area contributed by atoms with Gasteiger partial charge in [-0.3, -0.25) is 9.98 Å². The summed E-state index contributed by atoms with van der Waals surface area (Å²) in [6.45, 7) is -1.00. The summed E-state index contributed by atoms with van der Waals surface area (Å²) in [7, 11) is 0. The zero-order chi connectivity index (χ0) is 22.4. The first kappa shape index (κ1) is 22.0. The third-order valence-electron chi connectivity index (χ3n) is 5.39. The maximum Gasteiger partial charge on any atom is 0.192 e. The summed E-state index contributed by atoms with van der Waals surface area (Å²) in [6, 6.07) is 0. The number of nitrogens with zero attached hydrogens (tertiary/aromatic N) is 4. The summed E-state index contributed by atoms with van der Waals surface area (Å²) in [4.78, 5) is 7.92. The first-order valence-electron chi connectivity index (χ1n) is 9.36. The predicted molar refractivity (Wildman–Crippen MR) is 94.2 cm³/mol. The van der Waals surface area contributed by atoms with Gasteiger partial charge in [0.2, 0.25) is 0 Å². The zero-order valence-electron chi connectivity index (χ0n) is 15.9. The minimum absolute atomic E-state index is 0.0382. The Morgan fingerprint density at radius 3 is 2.35 bits per heavy atom. The molecule has 2 fully saturated rings. The minimum Gasteiger partial charge on any atom is -0.425 e. The summed E-state index contributed by atoms with van der Waals surface area (Å²) >= 11 is 0. The normalized spacial score (nSPS) is 38.7. The topological polar surface area (TPSA) is 229 Å². The summed E-state index contributed by atoms with van der Waals surface area (Å²) in [5.41, 5.74) is -0.169. The van der Waals surface area contributed by atoms with Crippen LogP contribution in [-0.4, -0.2) is 117 Å². The van der Waals surface area contributed by atoms with Crippen molar-refractivity contribution in [2.75, 3.05) is 13.2 Å². The Morgan fingerprint density at radius 2 is 1.65 bits per heavy atom. The Labute approximate surface area is 173 Å². The van der Waals surface area contributed by atoms with Crippen LogP contribution in [0.4, 0.5) is 0 Å². The van der Waals surface area contributed by atoms with E-state index in [4.69, 9.17) is 19.6 Å². The van der Waals surface area contributed by atoms with E-state index in [1.807, 2.05) is 0 Å². The first-order chi connectivity index (χ1) is 14.7. The predicted octanol–water partition coefficient (Wildman–Crippen LogP) is -4.61. The van der Waals surface area contributed by atoms with Crippen molar-refractivity contribution in [1.29, 1.82) is 5.41 Å². The van der Waals surface area contributed by atoms with Crippen LogP contribution in [0.3, 0.4) is 0 Å². The van der Waals surface area contributed by atoms with Crippen LogP contribution in [0.15, 0.2) is 12.7 Å². The van der Waals surface area contributed by atoms with E-state index in [-0.39, 0.29) is 23.3 Å². The number of aliphatic hydroxyl groups is 6. The van der Waals surface area contributed by atoms with Gasteiger partial charge in [0.15, 0.2) is 29.2 Å². The Kier molecular flexibility index (Phi) is 5.95. The molecular weight excluding hydrogens is 422 g/mol. The fourth-order valence-electron chi connectivity index (χ4n) is 3.60. The Balaban J connectivity index is 1.47. The second-order valence-corrected chi connectivity index (χ2v) is 7.34. The number of ether oxygens (including phenoxy) is 3. The van der Waals surface area contributed by atoms with Crippen LogP contribution in [0, 0.1) is 5.41 Å². The van der Waals surface area contributed by atoms with E-state index in [9.17, 15) is 35.8 Å². The van der Waals surface area contributed by atoms with Gasteiger partial charge >= 0.3 is 0 Å². The van der Waals surface area contributed by atoms with E-state index in [2.05, 4.69) is 9.97 Å². The van der Waals surface area contributed by atoms with Gasteiger partial charge in [-0.05, 0) is 0 Å². The molecule has 0 radical (unpaired) electrons. The molecule has 0 bridgehead atoms. The van der Waals surface area contributed by atoms with Gasteiger partial charge in [-0.25, -0.2) is 9.97 Å². The van der Waals surface area contributed by atoms with Crippen LogP contribution < -0.4 is 5.49 Å². The average molecular weight is 445 g/mol. The number of aromatic nitrogens is 4. The Morgan fingerprint density at radius 1 is 0.935 bits per heavy atom. The second kappa shape index (κ2) is 8.38. The van der Waals surface area contributed by atoms with Gasteiger partial charge in [0, 0.05) is 0 Å². The monoisotopic (exact) mass is 445 g/mol. The molecule has 4 rings (SSSR count). The number of imidazole rings is 1. The van der Waals surface area contributed by atoms with Crippen molar-refractivity contribution in [2.24, 2.45) is 0 Å². The lowest BCUT2D eigenvalue weighted by molar-refractivity contribution is -0.306. The molecular formula is C16H23N5O10. The first-order valence-corrected chi connectivity index (χ1v) is 9.36. The van der Waals surface area contributed by atoms with Gasteiger partial charge in [0.05, 0.1) is 19.5 Å². The van der Waals surface area contributed by atoms with E-state index in [0.29, 0.717) is 4.73 Å². The van der Waals surface area contributed by atoms with Crippen LogP contribution in [-0.2, 0) is 14.2 Å². The summed E-state index contributed by atoms with van der Waals surface area (Å²) in [6.07, 6.45) is -10.3. The Bertz CT molecular complexity index is 981. The van der Waals surface area contributed by atoms with Crippen LogP contribution in [0.2, 0.25) is 0 Å². The highest BCUT2D eigenvalue weighted by Gasteiger charge is 2.47. The lowest BCUT2D eigenvalue weighted by Gasteiger charge is -2.39. The lowest BCUT2D eigenvalue weighted by Crippen LogP contribution is -2.59. The van der Waals surface area contributed by atoms with Gasteiger partial charge in [0.25, 0.3) is 0 Å². The molecule has 9 atom stereocenters. The molecule has 15 heteroatoms. The molecule has 2 aromatic heterocycles. The van der Waals surface area contributed by atoms with Crippen molar-refractivity contribution in [2.45, 2.75) is 55.2 Å². The zero-order valence-corrected chi connectivity index (χ0v) is 15.9. The van der Waals surface area contributed by atoms with Crippen LogP contribution >= 0.6 is 0 Å². The number of nitrogens with one attached hydrogen (secondary N) is 1. The molecule has 8 N–H and O–H groups in total. The van der Waals surface area contributed by atoms with Crippen molar-refractivity contribution >= 4 is 11.2 Å². The van der Waals surface area contributed by atoms with E-state index < -0.39 is 61.9 Å². The van der Waals surface area contributed by atoms with E-state index >= 15 is 0 Å². The molecule has 0 aliphatic carbocycles. The maximum atomic E-state index is 10.4. The van der Waals surface area contributed by atoms with Gasteiger partial charge in [-0.2, -0.15) is 4.73 Å². The van der Waals surface area contributed by atoms with Crippen LogP contribution in [0.1, 0.15) is 6.23 Å². The smallest absolute Gasteiger partial charge is 0.192 e. The van der Waals surface area contributed by atoms with E-state index in [1.165, 1.54) is 10.9 Å². The maximum absolute atomic E-state index is 10.4. The van der Waals surface area contributed by atoms with Crippen molar-refractivity contribution in [3.63, 3.8) is 0 Å². The average Bonchev–Trinajstić information content (AvgIpc) is 3.30. The summed E-state index contributed by atoms with van der Waals surface area (Å²) < 4.78 is 18.0. The van der Waals surface area contributed by atoms with Crippen LogP contribution in [0.25, 0.3) is 11.2 Å². The second-order valence-electron chi connectivity index (χ2n) is 7.34. The lowest BCUT2D eigenvalue weighted by atomic mass is 9.99. The molecule has 15 nitrogen and oxygen atoms in total. The largest absolute Gasteiger partial charge is 0.425 e. The van der Waals surface area contributed by atoms with Crippen molar-refractivity contribution in [1.82, 2.24) is 19.3 Å².